The average Bonchev–Trinajstić information content (AvgIpc) is 2.82. The van der Waals surface area contributed by atoms with Gasteiger partial charge >= 0.3 is 0 Å². The van der Waals surface area contributed by atoms with Gasteiger partial charge in [0.05, 0.1) is 12.2 Å². The average molecular weight is 312 g/mol. The smallest absolute Gasteiger partial charge is 0.223 e. The molecule has 2 rings (SSSR count). The zero-order valence-corrected chi connectivity index (χ0v) is 14.3. The number of β-amino-alcohol motifs (C(OH)–C–C–N with tert-alkyl or cyclic N) is 1. The summed E-state index contributed by atoms with van der Waals surface area (Å²) in [7, 11) is 0. The predicted molar refractivity (Wildman–Crippen MR) is 86.7 cm³/mol. The van der Waals surface area contributed by atoms with E-state index in [1.807, 2.05) is 13.8 Å². The fourth-order valence-corrected chi connectivity index (χ4v) is 3.55. The van der Waals surface area contributed by atoms with E-state index in [1.54, 1.807) is 4.90 Å². The number of carbonyl (C=O) groups excluding carboxylic acids is 1. The van der Waals surface area contributed by atoms with Gasteiger partial charge in [-0.1, -0.05) is 6.92 Å². The lowest BCUT2D eigenvalue weighted by Crippen LogP contribution is -2.37. The molecular formula is C17H32N2O3. The van der Waals surface area contributed by atoms with Crippen molar-refractivity contribution in [3.8, 4) is 0 Å². The van der Waals surface area contributed by atoms with E-state index in [1.165, 1.54) is 13.0 Å². The van der Waals surface area contributed by atoms with Gasteiger partial charge in [-0.25, -0.2) is 0 Å². The predicted octanol–water partition coefficient (Wildman–Crippen LogP) is 1.50. The second-order valence-electron chi connectivity index (χ2n) is 7.08. The van der Waals surface area contributed by atoms with Crippen molar-refractivity contribution in [1.29, 1.82) is 0 Å². The fourth-order valence-electron chi connectivity index (χ4n) is 3.55. The van der Waals surface area contributed by atoms with Gasteiger partial charge < -0.3 is 19.6 Å². The van der Waals surface area contributed by atoms with Gasteiger partial charge in [0.15, 0.2) is 0 Å². The van der Waals surface area contributed by atoms with Gasteiger partial charge in [-0.2, -0.15) is 0 Å². The molecule has 2 heterocycles. The Morgan fingerprint density at radius 2 is 1.95 bits per heavy atom. The van der Waals surface area contributed by atoms with Gasteiger partial charge in [0.25, 0.3) is 0 Å². The molecule has 2 fully saturated rings. The van der Waals surface area contributed by atoms with Crippen LogP contribution in [0.25, 0.3) is 0 Å². The van der Waals surface area contributed by atoms with Crippen LogP contribution in [-0.4, -0.2) is 71.8 Å². The van der Waals surface area contributed by atoms with Gasteiger partial charge in [-0.05, 0) is 58.7 Å². The highest BCUT2D eigenvalue weighted by Gasteiger charge is 2.36. The van der Waals surface area contributed by atoms with Gasteiger partial charge in [0.1, 0.15) is 6.10 Å². The number of rotatable bonds is 6. The first kappa shape index (κ1) is 17.7. The van der Waals surface area contributed by atoms with Crippen molar-refractivity contribution in [3.05, 3.63) is 0 Å². The largest absolute Gasteiger partial charge is 0.388 e. The molecule has 2 aliphatic heterocycles. The third kappa shape index (κ3) is 4.93. The second-order valence-corrected chi connectivity index (χ2v) is 7.08. The van der Waals surface area contributed by atoms with Crippen LogP contribution in [-0.2, 0) is 9.53 Å². The van der Waals surface area contributed by atoms with Gasteiger partial charge in [0, 0.05) is 19.5 Å². The Bertz CT molecular complexity index is 354. The topological polar surface area (TPSA) is 53.0 Å². The highest BCUT2D eigenvalue weighted by atomic mass is 16.5. The molecule has 1 N–H and O–H groups in total. The van der Waals surface area contributed by atoms with Crippen molar-refractivity contribution in [2.75, 3.05) is 32.7 Å². The Labute approximate surface area is 134 Å². The number of aliphatic hydroxyl groups is 1. The minimum Gasteiger partial charge on any atom is -0.388 e. The number of ether oxygens (including phenoxy) is 1. The summed E-state index contributed by atoms with van der Waals surface area (Å²) < 4.78 is 5.68. The minimum atomic E-state index is -0.544. The standard InChI is InChI=1S/C17H32N2O3/c1-4-7-18-8-5-14(6-9-18)10-17(21)19-11-15(20)16(12-19)22-13(2)3/h13-16,20H,4-12H2,1-3H3/t15-,16-/m1/s1. The summed E-state index contributed by atoms with van der Waals surface area (Å²) in [5.74, 6) is 0.686. The summed E-state index contributed by atoms with van der Waals surface area (Å²) in [6.07, 6.45) is 3.38. The van der Waals surface area contributed by atoms with Crippen LogP contribution in [0.5, 0.6) is 0 Å². The summed E-state index contributed by atoms with van der Waals surface area (Å²) in [6.45, 7) is 10.5. The molecule has 0 aromatic rings. The molecule has 0 aliphatic carbocycles. The van der Waals surface area contributed by atoms with Crippen molar-refractivity contribution in [2.45, 2.75) is 64.8 Å². The van der Waals surface area contributed by atoms with Crippen LogP contribution in [0.3, 0.4) is 0 Å². The molecule has 22 heavy (non-hydrogen) atoms. The van der Waals surface area contributed by atoms with Crippen LogP contribution in [0.1, 0.15) is 46.5 Å². The molecule has 5 nitrogen and oxygen atoms in total. The number of aliphatic hydroxyl groups excluding tert-OH is 1. The maximum Gasteiger partial charge on any atom is 0.223 e. The van der Waals surface area contributed by atoms with Crippen LogP contribution >= 0.6 is 0 Å². The lowest BCUT2D eigenvalue weighted by molar-refractivity contribution is -0.132. The fraction of sp³-hybridized carbons (Fsp3) is 0.941. The molecule has 0 saturated carbocycles. The third-order valence-electron chi connectivity index (χ3n) is 4.75. The summed E-state index contributed by atoms with van der Waals surface area (Å²) in [6, 6.07) is 0. The number of hydrogen-bond donors (Lipinski definition) is 1. The lowest BCUT2D eigenvalue weighted by Gasteiger charge is -2.32. The van der Waals surface area contributed by atoms with Crippen molar-refractivity contribution in [3.63, 3.8) is 0 Å². The molecular weight excluding hydrogens is 280 g/mol. The number of nitrogens with zero attached hydrogens (tertiary/aromatic N) is 2. The van der Waals surface area contributed by atoms with Crippen molar-refractivity contribution >= 4 is 5.91 Å². The number of piperidine rings is 1. The second kappa shape index (κ2) is 8.27. The molecule has 2 atom stereocenters. The number of amides is 1. The summed E-state index contributed by atoms with van der Waals surface area (Å²) >= 11 is 0. The number of carbonyl (C=O) groups is 1. The molecule has 0 unspecified atom stereocenters. The molecule has 0 radical (unpaired) electrons. The van der Waals surface area contributed by atoms with E-state index >= 15 is 0 Å². The number of hydrogen-bond acceptors (Lipinski definition) is 4. The summed E-state index contributed by atoms with van der Waals surface area (Å²) in [5.41, 5.74) is 0. The van der Waals surface area contributed by atoms with E-state index in [0.717, 1.165) is 25.9 Å². The SMILES string of the molecule is CCCN1CCC(CC(=O)N2C[C@@H](O)[C@H](OC(C)C)C2)CC1. The zero-order chi connectivity index (χ0) is 16.1. The highest BCUT2D eigenvalue weighted by Crippen LogP contribution is 2.23. The van der Waals surface area contributed by atoms with Crippen LogP contribution in [0.2, 0.25) is 0 Å². The maximum atomic E-state index is 12.4. The molecule has 0 bridgehead atoms. The monoisotopic (exact) mass is 312 g/mol. The van der Waals surface area contributed by atoms with E-state index in [4.69, 9.17) is 4.74 Å². The van der Waals surface area contributed by atoms with Gasteiger partial charge in [-0.15, -0.1) is 0 Å². The van der Waals surface area contributed by atoms with E-state index in [2.05, 4.69) is 11.8 Å². The van der Waals surface area contributed by atoms with Gasteiger partial charge in [-0.3, -0.25) is 4.79 Å². The molecule has 5 heteroatoms. The van der Waals surface area contributed by atoms with Gasteiger partial charge in [0.2, 0.25) is 5.91 Å². The molecule has 128 valence electrons. The van der Waals surface area contributed by atoms with Crippen LogP contribution < -0.4 is 0 Å². The first-order valence-corrected chi connectivity index (χ1v) is 8.83. The Balaban J connectivity index is 1.74. The van der Waals surface area contributed by atoms with Crippen molar-refractivity contribution in [2.24, 2.45) is 5.92 Å². The molecule has 0 spiro atoms. The number of likely N-dealkylation sites (tertiary alicyclic amines) is 2. The Morgan fingerprint density at radius 1 is 1.27 bits per heavy atom. The van der Waals surface area contributed by atoms with Crippen LogP contribution in [0.15, 0.2) is 0 Å². The molecule has 2 saturated heterocycles. The normalized spacial score (nSPS) is 27.8. The van der Waals surface area contributed by atoms with Crippen molar-refractivity contribution in [1.82, 2.24) is 9.80 Å². The van der Waals surface area contributed by atoms with Crippen molar-refractivity contribution < 1.29 is 14.6 Å². The third-order valence-corrected chi connectivity index (χ3v) is 4.75. The first-order chi connectivity index (χ1) is 10.5. The maximum absolute atomic E-state index is 12.4. The quantitative estimate of drug-likeness (QED) is 0.807. The molecule has 0 aromatic carbocycles. The molecule has 1 amide bonds. The Kier molecular flexibility index (Phi) is 6.66. The zero-order valence-electron chi connectivity index (χ0n) is 14.3. The van der Waals surface area contributed by atoms with E-state index in [-0.39, 0.29) is 18.1 Å². The summed E-state index contributed by atoms with van der Waals surface area (Å²) in [4.78, 5) is 16.7. The lowest BCUT2D eigenvalue weighted by atomic mass is 9.93. The Morgan fingerprint density at radius 3 is 2.55 bits per heavy atom. The highest BCUT2D eigenvalue weighted by molar-refractivity contribution is 5.77. The van der Waals surface area contributed by atoms with E-state index < -0.39 is 6.10 Å². The Hall–Kier alpha value is -0.650. The first-order valence-electron chi connectivity index (χ1n) is 8.83. The van der Waals surface area contributed by atoms with E-state index in [9.17, 15) is 9.90 Å². The summed E-state index contributed by atoms with van der Waals surface area (Å²) in [5, 5.41) is 10.0. The minimum absolute atomic E-state index is 0.0811. The van der Waals surface area contributed by atoms with E-state index in [0.29, 0.717) is 25.4 Å². The van der Waals surface area contributed by atoms with Crippen LogP contribution in [0.4, 0.5) is 0 Å². The molecule has 0 aromatic heterocycles. The van der Waals surface area contributed by atoms with Crippen LogP contribution in [0, 0.1) is 5.92 Å². The molecule has 2 aliphatic rings.